The normalized spacial score (nSPS) is 15.7. The molecule has 0 spiro atoms. The molecule has 0 unspecified atom stereocenters. The van der Waals surface area contributed by atoms with E-state index in [4.69, 9.17) is 9.47 Å². The van der Waals surface area contributed by atoms with E-state index in [0.717, 1.165) is 37.9 Å². The molecule has 1 atom stereocenters. The Kier molecular flexibility index (Phi) is 8.76. The van der Waals surface area contributed by atoms with Crippen molar-refractivity contribution in [3.8, 4) is 11.5 Å². The molecule has 0 amide bonds. The van der Waals surface area contributed by atoms with Crippen molar-refractivity contribution in [1.82, 2.24) is 5.32 Å². The number of aliphatic hydroxyl groups is 1. The summed E-state index contributed by atoms with van der Waals surface area (Å²) in [4.78, 5) is 13.8. The van der Waals surface area contributed by atoms with Gasteiger partial charge in [0.15, 0.2) is 9.84 Å². The van der Waals surface area contributed by atoms with Crippen LogP contribution in [-0.2, 0) is 14.6 Å². The number of piperidine rings is 1. The van der Waals surface area contributed by atoms with E-state index in [2.05, 4.69) is 10.2 Å². The van der Waals surface area contributed by atoms with Crippen molar-refractivity contribution >= 4 is 21.5 Å². The number of sulfone groups is 1. The highest BCUT2D eigenvalue weighted by Crippen LogP contribution is 2.27. The fraction of sp³-hybridized carbons (Fsp3) is 0.458. The number of esters is 1. The predicted octanol–water partition coefficient (Wildman–Crippen LogP) is 1.97. The average Bonchev–Trinajstić information content (AvgIpc) is 2.82. The van der Waals surface area contributed by atoms with Gasteiger partial charge in [-0.3, -0.25) is 0 Å². The Hall–Kier alpha value is -2.82. The van der Waals surface area contributed by atoms with E-state index in [-0.39, 0.29) is 35.0 Å². The zero-order valence-corrected chi connectivity index (χ0v) is 20.3. The van der Waals surface area contributed by atoms with Crippen LogP contribution in [0.15, 0.2) is 47.4 Å². The molecular weight excluding hydrogens is 460 g/mol. The highest BCUT2D eigenvalue weighted by molar-refractivity contribution is 7.90. The van der Waals surface area contributed by atoms with Crippen molar-refractivity contribution in [2.45, 2.75) is 36.8 Å². The fourth-order valence-corrected chi connectivity index (χ4v) is 4.58. The van der Waals surface area contributed by atoms with Crippen molar-refractivity contribution in [2.75, 3.05) is 44.0 Å². The van der Waals surface area contributed by atoms with Gasteiger partial charge in [-0.05, 0) is 56.2 Å². The molecule has 0 aromatic heterocycles. The van der Waals surface area contributed by atoms with E-state index in [9.17, 15) is 23.4 Å². The highest BCUT2D eigenvalue weighted by atomic mass is 32.2. The van der Waals surface area contributed by atoms with E-state index in [1.54, 1.807) is 19.1 Å². The largest absolute Gasteiger partial charge is 0.507 e. The van der Waals surface area contributed by atoms with Crippen molar-refractivity contribution in [2.24, 2.45) is 0 Å². The van der Waals surface area contributed by atoms with Gasteiger partial charge in [0.05, 0.1) is 12.2 Å². The molecule has 0 bridgehead atoms. The number of aromatic hydroxyl groups is 1. The first kappa shape index (κ1) is 25.8. The van der Waals surface area contributed by atoms with E-state index >= 15 is 0 Å². The van der Waals surface area contributed by atoms with Crippen LogP contribution in [0.5, 0.6) is 11.5 Å². The maximum absolute atomic E-state index is 11.8. The molecule has 3 N–H and O–H groups in total. The summed E-state index contributed by atoms with van der Waals surface area (Å²) in [5, 5.41) is 23.3. The predicted molar refractivity (Wildman–Crippen MR) is 128 cm³/mol. The van der Waals surface area contributed by atoms with E-state index in [1.165, 1.54) is 18.2 Å². The number of hydrogen-bond acceptors (Lipinski definition) is 9. The topological polar surface area (TPSA) is 125 Å². The van der Waals surface area contributed by atoms with Crippen LogP contribution in [0.4, 0.5) is 5.69 Å². The monoisotopic (exact) mass is 492 g/mol. The SMILES string of the molecule is CCOC(=O)c1ccc(N2CCC(NC[C@H](O)COc3ccc(O)c(S(C)(=O)=O)c3)CC2)cc1. The lowest BCUT2D eigenvalue weighted by Gasteiger charge is -2.34. The summed E-state index contributed by atoms with van der Waals surface area (Å²) in [6.07, 6.45) is 2.05. The summed E-state index contributed by atoms with van der Waals surface area (Å²) in [7, 11) is -3.58. The van der Waals surface area contributed by atoms with Gasteiger partial charge >= 0.3 is 5.97 Å². The number of carbonyl (C=O) groups excluding carboxylic acids is 1. The maximum atomic E-state index is 11.8. The zero-order valence-electron chi connectivity index (χ0n) is 19.4. The van der Waals surface area contributed by atoms with Crippen molar-refractivity contribution in [1.29, 1.82) is 0 Å². The van der Waals surface area contributed by atoms with E-state index in [0.29, 0.717) is 18.7 Å². The summed E-state index contributed by atoms with van der Waals surface area (Å²) < 4.78 is 33.9. The number of benzene rings is 2. The Morgan fingerprint density at radius 2 is 1.85 bits per heavy atom. The van der Waals surface area contributed by atoms with Crippen LogP contribution in [-0.4, -0.2) is 75.8 Å². The Bertz CT molecular complexity index is 1070. The van der Waals surface area contributed by atoms with Gasteiger partial charge in [0.2, 0.25) is 0 Å². The number of rotatable bonds is 10. The molecule has 34 heavy (non-hydrogen) atoms. The molecule has 3 rings (SSSR count). The number of anilines is 1. The first-order valence-electron chi connectivity index (χ1n) is 11.3. The standard InChI is InChI=1S/C24H32N2O7S/c1-3-32-24(29)17-4-6-19(7-5-17)26-12-10-18(11-13-26)25-15-20(27)16-33-21-8-9-22(28)23(14-21)34(2,30)31/h4-9,14,18,20,25,27-28H,3,10-13,15-16H2,1-2H3/t20-/m0/s1. The smallest absolute Gasteiger partial charge is 0.338 e. The van der Waals surface area contributed by atoms with Crippen LogP contribution in [0.2, 0.25) is 0 Å². The van der Waals surface area contributed by atoms with Crippen LogP contribution in [0.25, 0.3) is 0 Å². The molecule has 0 radical (unpaired) electrons. The first-order valence-corrected chi connectivity index (χ1v) is 13.2. The number of nitrogens with one attached hydrogen (secondary N) is 1. The average molecular weight is 493 g/mol. The summed E-state index contributed by atoms with van der Waals surface area (Å²) in [5.41, 5.74) is 1.60. The lowest BCUT2D eigenvalue weighted by atomic mass is 10.0. The van der Waals surface area contributed by atoms with Crippen LogP contribution < -0.4 is 15.0 Å². The second-order valence-corrected chi connectivity index (χ2v) is 10.3. The summed E-state index contributed by atoms with van der Waals surface area (Å²) >= 11 is 0. The Morgan fingerprint density at radius 1 is 1.18 bits per heavy atom. The van der Waals surface area contributed by atoms with Crippen LogP contribution in [0, 0.1) is 0 Å². The number of phenolic OH excluding ortho intramolecular Hbond substituents is 1. The number of hydrogen-bond donors (Lipinski definition) is 3. The molecule has 1 heterocycles. The summed E-state index contributed by atoms with van der Waals surface area (Å²) in [6, 6.07) is 11.6. The minimum absolute atomic E-state index is 0.00730. The molecule has 1 fully saturated rings. The maximum Gasteiger partial charge on any atom is 0.338 e. The number of nitrogens with zero attached hydrogens (tertiary/aromatic N) is 1. The van der Waals surface area contributed by atoms with Crippen molar-refractivity contribution in [3.05, 3.63) is 48.0 Å². The molecule has 10 heteroatoms. The Morgan fingerprint density at radius 3 is 2.47 bits per heavy atom. The third-order valence-electron chi connectivity index (χ3n) is 5.65. The van der Waals surface area contributed by atoms with Gasteiger partial charge in [-0.15, -0.1) is 0 Å². The first-order chi connectivity index (χ1) is 16.2. The number of phenols is 1. The molecule has 1 aliphatic rings. The van der Waals surface area contributed by atoms with Gasteiger partial charge in [0, 0.05) is 43.7 Å². The quantitative estimate of drug-likeness (QED) is 0.427. The van der Waals surface area contributed by atoms with Crippen LogP contribution >= 0.6 is 0 Å². The van der Waals surface area contributed by atoms with E-state index < -0.39 is 15.9 Å². The van der Waals surface area contributed by atoms with Gasteiger partial charge < -0.3 is 29.9 Å². The number of carbonyl (C=O) groups is 1. The molecule has 9 nitrogen and oxygen atoms in total. The highest BCUT2D eigenvalue weighted by Gasteiger charge is 2.21. The molecule has 0 aliphatic carbocycles. The lowest BCUT2D eigenvalue weighted by molar-refractivity contribution is 0.0526. The molecule has 1 aliphatic heterocycles. The Balaban J connectivity index is 1.41. The molecule has 2 aromatic carbocycles. The fourth-order valence-electron chi connectivity index (χ4n) is 3.80. The van der Waals surface area contributed by atoms with Crippen LogP contribution in [0.3, 0.4) is 0 Å². The van der Waals surface area contributed by atoms with Crippen LogP contribution in [0.1, 0.15) is 30.1 Å². The summed E-state index contributed by atoms with van der Waals surface area (Å²) in [5.74, 6) is -0.390. The van der Waals surface area contributed by atoms with E-state index in [1.807, 2.05) is 12.1 Å². The second kappa shape index (κ2) is 11.5. The second-order valence-electron chi connectivity index (χ2n) is 8.30. The minimum atomic E-state index is -3.58. The van der Waals surface area contributed by atoms with Crippen molar-refractivity contribution < 1.29 is 32.9 Å². The number of ether oxygens (including phenoxy) is 2. The summed E-state index contributed by atoms with van der Waals surface area (Å²) in [6.45, 7) is 4.17. The number of aliphatic hydroxyl groups excluding tert-OH is 1. The third-order valence-corrected chi connectivity index (χ3v) is 6.78. The molecule has 1 saturated heterocycles. The lowest BCUT2D eigenvalue weighted by Crippen LogP contribution is -2.45. The van der Waals surface area contributed by atoms with Crippen molar-refractivity contribution in [3.63, 3.8) is 0 Å². The minimum Gasteiger partial charge on any atom is -0.507 e. The third kappa shape index (κ3) is 7.09. The zero-order chi connectivity index (χ0) is 24.7. The van der Waals surface area contributed by atoms with Gasteiger partial charge in [0.25, 0.3) is 0 Å². The molecule has 0 saturated carbocycles. The van der Waals surface area contributed by atoms with Gasteiger partial charge in [-0.1, -0.05) is 0 Å². The molecule has 2 aromatic rings. The van der Waals surface area contributed by atoms with Gasteiger partial charge in [-0.2, -0.15) is 0 Å². The molecular formula is C24H32N2O7S. The van der Waals surface area contributed by atoms with Gasteiger partial charge in [0.1, 0.15) is 29.1 Å². The Labute approximate surface area is 200 Å². The van der Waals surface area contributed by atoms with Gasteiger partial charge in [-0.25, -0.2) is 13.2 Å². The molecule has 186 valence electrons.